The smallest absolute Gasteiger partial charge is 0.0558 e. The fourth-order valence-corrected chi connectivity index (χ4v) is 1.88. The lowest BCUT2D eigenvalue weighted by Crippen LogP contribution is -2.03. The van der Waals surface area contributed by atoms with Crippen molar-refractivity contribution < 1.29 is 0 Å². The highest BCUT2D eigenvalue weighted by Crippen LogP contribution is 2.13. The van der Waals surface area contributed by atoms with Gasteiger partial charge in [0.15, 0.2) is 0 Å². The summed E-state index contributed by atoms with van der Waals surface area (Å²) in [5, 5.41) is 0. The van der Waals surface area contributed by atoms with Gasteiger partial charge in [0.05, 0.1) is 5.70 Å². The lowest BCUT2D eigenvalue weighted by atomic mass is 10.0. The second kappa shape index (κ2) is 7.70. The molecule has 0 saturated heterocycles. The third kappa shape index (κ3) is 4.02. The monoisotopic (exact) mass is 244 g/mol. The number of nitrogens with two attached hydrogens (primary N) is 1. The van der Waals surface area contributed by atoms with Crippen molar-refractivity contribution in [1.82, 2.24) is 0 Å². The number of allylic oxidation sites excluding steroid dienone is 1. The van der Waals surface area contributed by atoms with Crippen molar-refractivity contribution in [1.29, 1.82) is 0 Å². The number of aliphatic imine (C=N–C) groups is 1. The van der Waals surface area contributed by atoms with Crippen LogP contribution in [0.4, 0.5) is 0 Å². The Labute approximate surface area is 111 Å². The summed E-state index contributed by atoms with van der Waals surface area (Å²) < 4.78 is 0. The highest BCUT2D eigenvalue weighted by molar-refractivity contribution is 6.01. The summed E-state index contributed by atoms with van der Waals surface area (Å²) in [6.45, 7) is 6.43. The summed E-state index contributed by atoms with van der Waals surface area (Å²) in [6.07, 6.45) is 5.62. The predicted molar refractivity (Wildman–Crippen MR) is 79.8 cm³/mol. The second-order valence-corrected chi connectivity index (χ2v) is 4.37. The van der Waals surface area contributed by atoms with Crippen molar-refractivity contribution in [2.45, 2.75) is 46.5 Å². The standard InChI is InChI=1S/C16H24N2/c1-4-8-16(18-15(6-3)12-17)14-10-7-9-13(5-2)11-14/h7,9-12H,4-6,8,17H2,1-3H3/b15-12-,18-16?. The molecule has 0 bridgehead atoms. The maximum atomic E-state index is 5.59. The van der Waals surface area contributed by atoms with Crippen LogP contribution in [0.25, 0.3) is 0 Å². The van der Waals surface area contributed by atoms with Crippen molar-refractivity contribution in [3.05, 3.63) is 47.3 Å². The molecular weight excluding hydrogens is 220 g/mol. The first-order valence-electron chi connectivity index (χ1n) is 6.82. The van der Waals surface area contributed by atoms with E-state index in [-0.39, 0.29) is 0 Å². The third-order valence-corrected chi connectivity index (χ3v) is 2.99. The number of nitrogens with zero attached hydrogens (tertiary/aromatic N) is 1. The van der Waals surface area contributed by atoms with Crippen molar-refractivity contribution in [3.63, 3.8) is 0 Å². The van der Waals surface area contributed by atoms with E-state index in [1.807, 2.05) is 0 Å². The Balaban J connectivity index is 3.10. The van der Waals surface area contributed by atoms with Crippen LogP contribution in [0.3, 0.4) is 0 Å². The van der Waals surface area contributed by atoms with Crippen molar-refractivity contribution >= 4 is 5.71 Å². The van der Waals surface area contributed by atoms with Gasteiger partial charge in [-0.2, -0.15) is 0 Å². The Morgan fingerprint density at radius 2 is 2.06 bits per heavy atom. The average Bonchev–Trinajstić information content (AvgIpc) is 2.43. The average molecular weight is 244 g/mol. The van der Waals surface area contributed by atoms with Gasteiger partial charge in [0.1, 0.15) is 0 Å². The van der Waals surface area contributed by atoms with Crippen LogP contribution in [-0.4, -0.2) is 5.71 Å². The Bertz CT molecular complexity index is 430. The molecule has 0 saturated carbocycles. The van der Waals surface area contributed by atoms with E-state index in [9.17, 15) is 0 Å². The number of hydrogen-bond donors (Lipinski definition) is 1. The Morgan fingerprint density at radius 1 is 1.28 bits per heavy atom. The van der Waals surface area contributed by atoms with Crippen LogP contribution in [0.1, 0.15) is 51.2 Å². The molecule has 1 aromatic rings. The number of benzene rings is 1. The van der Waals surface area contributed by atoms with Gasteiger partial charge in [-0.25, -0.2) is 0 Å². The van der Waals surface area contributed by atoms with Crippen molar-refractivity contribution in [2.75, 3.05) is 0 Å². The molecule has 2 nitrogen and oxygen atoms in total. The molecule has 0 aliphatic heterocycles. The van der Waals surface area contributed by atoms with Gasteiger partial charge in [0, 0.05) is 11.9 Å². The molecule has 0 aliphatic carbocycles. The molecule has 0 unspecified atom stereocenters. The fraction of sp³-hybridized carbons (Fsp3) is 0.438. The zero-order valence-corrected chi connectivity index (χ0v) is 11.7. The van der Waals surface area contributed by atoms with Gasteiger partial charge >= 0.3 is 0 Å². The second-order valence-electron chi connectivity index (χ2n) is 4.37. The lowest BCUT2D eigenvalue weighted by Gasteiger charge is -2.08. The zero-order chi connectivity index (χ0) is 13.4. The minimum absolute atomic E-state index is 0.872. The van der Waals surface area contributed by atoms with Crippen LogP contribution in [0.2, 0.25) is 0 Å². The quantitative estimate of drug-likeness (QED) is 0.753. The molecule has 1 rings (SSSR count). The van der Waals surface area contributed by atoms with Crippen LogP contribution in [-0.2, 0) is 6.42 Å². The van der Waals surface area contributed by atoms with Gasteiger partial charge < -0.3 is 5.73 Å². The van der Waals surface area contributed by atoms with Crippen LogP contribution >= 0.6 is 0 Å². The van der Waals surface area contributed by atoms with E-state index in [1.165, 1.54) is 11.1 Å². The Morgan fingerprint density at radius 3 is 2.61 bits per heavy atom. The molecular formula is C16H24N2. The molecule has 18 heavy (non-hydrogen) atoms. The maximum absolute atomic E-state index is 5.59. The number of aryl methyl sites for hydroxylation is 1. The molecule has 0 aromatic heterocycles. The van der Waals surface area contributed by atoms with Crippen LogP contribution in [0, 0.1) is 0 Å². The minimum atomic E-state index is 0.872. The van der Waals surface area contributed by atoms with E-state index in [0.717, 1.165) is 37.1 Å². The fourth-order valence-electron chi connectivity index (χ4n) is 1.88. The molecule has 0 fully saturated rings. The van der Waals surface area contributed by atoms with Crippen molar-refractivity contribution in [3.8, 4) is 0 Å². The summed E-state index contributed by atoms with van der Waals surface area (Å²) in [6, 6.07) is 8.64. The Hall–Kier alpha value is -1.57. The van der Waals surface area contributed by atoms with E-state index in [1.54, 1.807) is 6.20 Å². The van der Waals surface area contributed by atoms with E-state index in [2.05, 4.69) is 45.0 Å². The van der Waals surface area contributed by atoms with Gasteiger partial charge in [0.2, 0.25) is 0 Å². The molecule has 2 N–H and O–H groups in total. The summed E-state index contributed by atoms with van der Waals surface area (Å²) in [4.78, 5) is 4.70. The van der Waals surface area contributed by atoms with Gasteiger partial charge in [-0.1, -0.05) is 45.4 Å². The number of rotatable bonds is 6. The highest BCUT2D eigenvalue weighted by Gasteiger charge is 2.04. The largest absolute Gasteiger partial charge is 0.403 e. The molecule has 0 atom stereocenters. The first-order chi connectivity index (χ1) is 8.74. The molecule has 0 heterocycles. The summed E-state index contributed by atoms with van der Waals surface area (Å²) >= 11 is 0. The van der Waals surface area contributed by atoms with E-state index in [4.69, 9.17) is 10.7 Å². The van der Waals surface area contributed by atoms with Crippen LogP contribution < -0.4 is 5.73 Å². The molecule has 2 heteroatoms. The maximum Gasteiger partial charge on any atom is 0.0558 e. The van der Waals surface area contributed by atoms with E-state index >= 15 is 0 Å². The Kier molecular flexibility index (Phi) is 6.20. The molecule has 0 amide bonds. The van der Waals surface area contributed by atoms with Gasteiger partial charge in [-0.05, 0) is 36.5 Å². The van der Waals surface area contributed by atoms with Gasteiger partial charge in [0.25, 0.3) is 0 Å². The van der Waals surface area contributed by atoms with Crippen molar-refractivity contribution in [2.24, 2.45) is 10.7 Å². The van der Waals surface area contributed by atoms with Gasteiger partial charge in [-0.3, -0.25) is 4.99 Å². The summed E-state index contributed by atoms with van der Waals surface area (Å²) in [5.74, 6) is 0. The molecule has 1 aromatic carbocycles. The first-order valence-corrected chi connectivity index (χ1v) is 6.82. The normalized spacial score (nSPS) is 12.8. The molecule has 0 radical (unpaired) electrons. The molecule has 0 aliphatic rings. The van der Waals surface area contributed by atoms with Crippen LogP contribution in [0.15, 0.2) is 41.2 Å². The van der Waals surface area contributed by atoms with E-state index < -0.39 is 0 Å². The third-order valence-electron chi connectivity index (χ3n) is 2.99. The summed E-state index contributed by atoms with van der Waals surface area (Å²) in [7, 11) is 0. The predicted octanol–water partition coefficient (Wildman–Crippen LogP) is 4.05. The van der Waals surface area contributed by atoms with Crippen LogP contribution in [0.5, 0.6) is 0 Å². The SMILES string of the molecule is CCCC(=N/C(=C\N)CC)c1cccc(CC)c1. The summed E-state index contributed by atoms with van der Waals surface area (Å²) in [5.41, 5.74) is 10.3. The minimum Gasteiger partial charge on any atom is -0.403 e. The first kappa shape index (κ1) is 14.5. The topological polar surface area (TPSA) is 38.4 Å². The molecule has 98 valence electrons. The highest BCUT2D eigenvalue weighted by atomic mass is 14.8. The molecule has 0 spiro atoms. The van der Waals surface area contributed by atoms with Gasteiger partial charge in [-0.15, -0.1) is 0 Å². The van der Waals surface area contributed by atoms with E-state index in [0.29, 0.717) is 0 Å². The zero-order valence-electron chi connectivity index (χ0n) is 11.7. The number of hydrogen-bond acceptors (Lipinski definition) is 2. The lowest BCUT2D eigenvalue weighted by molar-refractivity contribution is 0.974.